The number of carbonyl (C=O) groups is 1. The van der Waals surface area contributed by atoms with Crippen LogP contribution in [0, 0.1) is 5.92 Å². The summed E-state index contributed by atoms with van der Waals surface area (Å²) in [7, 11) is 0. The molecule has 5 heteroatoms. The van der Waals surface area contributed by atoms with Crippen molar-refractivity contribution in [2.45, 2.75) is 12.8 Å². The number of halogens is 2. The van der Waals surface area contributed by atoms with Gasteiger partial charge >= 0.3 is 5.97 Å². The van der Waals surface area contributed by atoms with Crippen molar-refractivity contribution in [1.82, 2.24) is 5.32 Å². The normalized spacial score (nSPS) is 22.3. The van der Waals surface area contributed by atoms with Crippen LogP contribution in [-0.4, -0.2) is 25.7 Å². The quantitative estimate of drug-likeness (QED) is 0.864. The van der Waals surface area contributed by atoms with E-state index in [1.165, 1.54) is 5.56 Å². The molecule has 1 saturated heterocycles. The van der Waals surface area contributed by atoms with Crippen LogP contribution >= 0.6 is 28.3 Å². The van der Waals surface area contributed by atoms with Gasteiger partial charge in [-0.25, -0.2) is 0 Å². The Balaban J connectivity index is 0.00000162. The molecule has 0 bridgehead atoms. The summed E-state index contributed by atoms with van der Waals surface area (Å²) in [5.74, 6) is 0.0729. The zero-order valence-corrected chi connectivity index (χ0v) is 12.6. The SMILES string of the molecule is CCOC(=O)[C@H]1CNC[C@@H]1c1ccc(Br)cc1.Cl. The highest BCUT2D eigenvalue weighted by Gasteiger charge is 2.34. The van der Waals surface area contributed by atoms with Gasteiger partial charge in [-0.15, -0.1) is 12.4 Å². The van der Waals surface area contributed by atoms with E-state index in [-0.39, 0.29) is 30.2 Å². The van der Waals surface area contributed by atoms with Crippen molar-refractivity contribution in [2.24, 2.45) is 5.92 Å². The summed E-state index contributed by atoms with van der Waals surface area (Å²) >= 11 is 3.42. The van der Waals surface area contributed by atoms with Crippen molar-refractivity contribution in [3.05, 3.63) is 34.3 Å². The van der Waals surface area contributed by atoms with Crippen molar-refractivity contribution < 1.29 is 9.53 Å². The Morgan fingerprint density at radius 2 is 2.06 bits per heavy atom. The second-order valence-corrected chi connectivity index (χ2v) is 5.09. The summed E-state index contributed by atoms with van der Waals surface area (Å²) in [6.45, 7) is 3.84. The molecule has 0 aromatic heterocycles. The molecule has 1 aromatic rings. The van der Waals surface area contributed by atoms with Crippen molar-refractivity contribution in [2.75, 3.05) is 19.7 Å². The predicted octanol–water partition coefficient (Wildman–Crippen LogP) is 2.74. The first-order chi connectivity index (χ1) is 8.22. The van der Waals surface area contributed by atoms with Gasteiger partial charge in [0.1, 0.15) is 0 Å². The van der Waals surface area contributed by atoms with Crippen LogP contribution in [0.25, 0.3) is 0 Å². The summed E-state index contributed by atoms with van der Waals surface area (Å²) in [5.41, 5.74) is 1.19. The van der Waals surface area contributed by atoms with Gasteiger partial charge in [0.25, 0.3) is 0 Å². The molecule has 0 spiro atoms. The monoisotopic (exact) mass is 333 g/mol. The van der Waals surface area contributed by atoms with Crippen molar-refractivity contribution in [1.29, 1.82) is 0 Å². The lowest BCUT2D eigenvalue weighted by molar-refractivity contribution is -0.147. The molecule has 0 unspecified atom stereocenters. The molecule has 0 saturated carbocycles. The van der Waals surface area contributed by atoms with Gasteiger partial charge in [-0.05, 0) is 24.6 Å². The Kier molecular flexibility index (Phi) is 6.12. The average Bonchev–Trinajstić information content (AvgIpc) is 2.79. The summed E-state index contributed by atoms with van der Waals surface area (Å²) in [6.07, 6.45) is 0. The van der Waals surface area contributed by atoms with E-state index in [1.54, 1.807) is 0 Å². The van der Waals surface area contributed by atoms with E-state index in [4.69, 9.17) is 4.74 Å². The van der Waals surface area contributed by atoms with Crippen LogP contribution in [0.3, 0.4) is 0 Å². The van der Waals surface area contributed by atoms with E-state index >= 15 is 0 Å². The fraction of sp³-hybridized carbons (Fsp3) is 0.462. The third kappa shape index (κ3) is 3.46. The Morgan fingerprint density at radius 1 is 1.39 bits per heavy atom. The molecule has 0 radical (unpaired) electrons. The van der Waals surface area contributed by atoms with Gasteiger partial charge in [-0.2, -0.15) is 0 Å². The number of hydrogen-bond donors (Lipinski definition) is 1. The smallest absolute Gasteiger partial charge is 0.310 e. The highest BCUT2D eigenvalue weighted by molar-refractivity contribution is 9.10. The van der Waals surface area contributed by atoms with Gasteiger partial charge in [-0.1, -0.05) is 28.1 Å². The number of ether oxygens (including phenoxy) is 1. The molecule has 1 aromatic carbocycles. The lowest BCUT2D eigenvalue weighted by atomic mass is 9.89. The standard InChI is InChI=1S/C13H16BrNO2.ClH/c1-2-17-13(16)12-8-15-7-11(12)9-3-5-10(14)6-4-9;/h3-6,11-12,15H,2,7-8H2,1H3;1H/t11-,12+;/m1./s1. The number of carbonyl (C=O) groups excluding carboxylic acids is 1. The Hall–Kier alpha value is -0.580. The molecule has 2 rings (SSSR count). The van der Waals surface area contributed by atoms with E-state index in [0.717, 1.165) is 11.0 Å². The van der Waals surface area contributed by atoms with Crippen LogP contribution < -0.4 is 5.32 Å². The fourth-order valence-electron chi connectivity index (χ4n) is 2.24. The number of benzene rings is 1. The molecule has 1 N–H and O–H groups in total. The molecule has 2 atom stereocenters. The Bertz CT molecular complexity index is 396. The molecule has 0 amide bonds. The highest BCUT2D eigenvalue weighted by Crippen LogP contribution is 2.29. The minimum Gasteiger partial charge on any atom is -0.466 e. The topological polar surface area (TPSA) is 38.3 Å². The van der Waals surface area contributed by atoms with E-state index in [1.807, 2.05) is 19.1 Å². The van der Waals surface area contributed by atoms with Crippen molar-refractivity contribution >= 4 is 34.3 Å². The molecule has 0 aliphatic carbocycles. The summed E-state index contributed by atoms with van der Waals surface area (Å²) in [6, 6.07) is 8.15. The van der Waals surface area contributed by atoms with Crippen LogP contribution in [0.5, 0.6) is 0 Å². The molecular weight excluding hydrogens is 318 g/mol. The first-order valence-corrected chi connectivity index (χ1v) is 6.64. The number of hydrogen-bond acceptors (Lipinski definition) is 3. The predicted molar refractivity (Wildman–Crippen MR) is 77.1 cm³/mol. The van der Waals surface area contributed by atoms with Gasteiger partial charge in [0.2, 0.25) is 0 Å². The van der Waals surface area contributed by atoms with E-state index in [0.29, 0.717) is 13.2 Å². The van der Waals surface area contributed by atoms with E-state index < -0.39 is 0 Å². The maximum absolute atomic E-state index is 11.8. The van der Waals surface area contributed by atoms with Gasteiger partial charge < -0.3 is 10.1 Å². The fourth-order valence-corrected chi connectivity index (χ4v) is 2.50. The summed E-state index contributed by atoms with van der Waals surface area (Å²) < 4.78 is 6.17. The number of esters is 1. The third-order valence-corrected chi connectivity index (χ3v) is 3.63. The Morgan fingerprint density at radius 3 is 2.67 bits per heavy atom. The van der Waals surface area contributed by atoms with Crippen molar-refractivity contribution in [3.8, 4) is 0 Å². The average molecular weight is 335 g/mol. The zero-order chi connectivity index (χ0) is 12.3. The Labute approximate surface area is 122 Å². The van der Waals surface area contributed by atoms with E-state index in [9.17, 15) is 4.79 Å². The number of rotatable bonds is 3. The molecule has 1 aliphatic heterocycles. The molecule has 1 fully saturated rings. The molecule has 18 heavy (non-hydrogen) atoms. The second-order valence-electron chi connectivity index (χ2n) is 4.17. The largest absolute Gasteiger partial charge is 0.466 e. The number of nitrogens with one attached hydrogen (secondary N) is 1. The van der Waals surface area contributed by atoms with Crippen LogP contribution in [0.4, 0.5) is 0 Å². The second kappa shape index (κ2) is 7.12. The van der Waals surface area contributed by atoms with Gasteiger partial charge in [-0.3, -0.25) is 4.79 Å². The summed E-state index contributed by atoms with van der Waals surface area (Å²) in [5, 5.41) is 3.26. The highest BCUT2D eigenvalue weighted by atomic mass is 79.9. The first-order valence-electron chi connectivity index (χ1n) is 5.85. The maximum Gasteiger partial charge on any atom is 0.310 e. The lowest BCUT2D eigenvalue weighted by Crippen LogP contribution is -2.24. The maximum atomic E-state index is 11.8. The molecule has 3 nitrogen and oxygen atoms in total. The molecule has 100 valence electrons. The third-order valence-electron chi connectivity index (χ3n) is 3.10. The molecule has 1 heterocycles. The van der Waals surface area contributed by atoms with Crippen LogP contribution in [0.15, 0.2) is 28.7 Å². The molecular formula is C13H17BrClNO2. The lowest BCUT2D eigenvalue weighted by Gasteiger charge is -2.17. The van der Waals surface area contributed by atoms with Gasteiger partial charge in [0.05, 0.1) is 12.5 Å². The summed E-state index contributed by atoms with van der Waals surface area (Å²) in [4.78, 5) is 11.8. The minimum atomic E-state index is -0.0922. The van der Waals surface area contributed by atoms with Crippen molar-refractivity contribution in [3.63, 3.8) is 0 Å². The van der Waals surface area contributed by atoms with Gasteiger partial charge in [0.15, 0.2) is 0 Å². The zero-order valence-electron chi connectivity index (χ0n) is 10.2. The first kappa shape index (κ1) is 15.5. The van der Waals surface area contributed by atoms with E-state index in [2.05, 4.69) is 33.4 Å². The van der Waals surface area contributed by atoms with Gasteiger partial charge in [0, 0.05) is 23.5 Å². The van der Waals surface area contributed by atoms with Crippen LogP contribution in [0.1, 0.15) is 18.4 Å². The van der Waals surface area contributed by atoms with Crippen LogP contribution in [0.2, 0.25) is 0 Å². The minimum absolute atomic E-state index is 0. The van der Waals surface area contributed by atoms with Crippen LogP contribution in [-0.2, 0) is 9.53 Å². The molecule has 1 aliphatic rings.